The predicted octanol–water partition coefficient (Wildman–Crippen LogP) is 2.92. The van der Waals surface area contributed by atoms with Crippen LogP contribution in [0.25, 0.3) is 0 Å². The van der Waals surface area contributed by atoms with Gasteiger partial charge in [0.15, 0.2) is 11.5 Å². The zero-order chi connectivity index (χ0) is 14.6. The molecule has 2 rings (SSSR count). The zero-order valence-corrected chi connectivity index (χ0v) is 12.9. The molecule has 0 aromatic heterocycles. The van der Waals surface area contributed by atoms with Crippen molar-refractivity contribution in [1.29, 1.82) is 0 Å². The highest BCUT2D eigenvalue weighted by Gasteiger charge is 2.17. The van der Waals surface area contributed by atoms with Crippen LogP contribution in [0.4, 0.5) is 0 Å². The molecule has 0 spiro atoms. The molecule has 1 heterocycles. The molecule has 1 aromatic carbocycles. The van der Waals surface area contributed by atoms with E-state index in [1.807, 2.05) is 6.07 Å². The second-order valence-electron chi connectivity index (χ2n) is 5.79. The summed E-state index contributed by atoms with van der Waals surface area (Å²) in [7, 11) is 1.75. The van der Waals surface area contributed by atoms with E-state index < -0.39 is 0 Å². The third-order valence-electron chi connectivity index (χ3n) is 3.80. The molecule has 1 aliphatic heterocycles. The van der Waals surface area contributed by atoms with E-state index in [0.29, 0.717) is 13.2 Å². The zero-order valence-electron chi connectivity index (χ0n) is 12.9. The van der Waals surface area contributed by atoms with E-state index in [9.17, 15) is 0 Å². The molecule has 1 unspecified atom stereocenters. The molecule has 0 radical (unpaired) electrons. The lowest BCUT2D eigenvalue weighted by atomic mass is 10.0. The van der Waals surface area contributed by atoms with Gasteiger partial charge in [0, 0.05) is 13.2 Å². The van der Waals surface area contributed by atoms with Crippen molar-refractivity contribution in [3.8, 4) is 11.5 Å². The van der Waals surface area contributed by atoms with Crippen molar-refractivity contribution in [2.75, 3.05) is 26.9 Å². The summed E-state index contributed by atoms with van der Waals surface area (Å²) < 4.78 is 16.6. The first-order valence-electron chi connectivity index (χ1n) is 7.20. The van der Waals surface area contributed by atoms with Crippen LogP contribution in [0.1, 0.15) is 38.8 Å². The van der Waals surface area contributed by atoms with E-state index in [1.165, 1.54) is 5.56 Å². The molecule has 1 aromatic rings. The Morgan fingerprint density at radius 1 is 1.25 bits per heavy atom. The number of hydrogen-bond donors (Lipinski definition) is 1. The molecule has 0 aliphatic carbocycles. The lowest BCUT2D eigenvalue weighted by molar-refractivity contribution is 0.0154. The average molecular weight is 279 g/mol. The summed E-state index contributed by atoms with van der Waals surface area (Å²) in [4.78, 5) is 0. The van der Waals surface area contributed by atoms with E-state index in [2.05, 4.69) is 38.2 Å². The number of fused-ring (bicyclic) bond motifs is 1. The van der Waals surface area contributed by atoms with Gasteiger partial charge < -0.3 is 19.5 Å². The first-order valence-corrected chi connectivity index (χ1v) is 7.20. The Bertz CT molecular complexity index is 445. The van der Waals surface area contributed by atoms with Crippen LogP contribution < -0.4 is 14.8 Å². The Labute approximate surface area is 121 Å². The minimum atomic E-state index is -0.0838. The molecule has 4 nitrogen and oxygen atoms in total. The second kappa shape index (κ2) is 6.46. The SMILES string of the molecule is COC(C)(C)CCNC(C)c1ccc2c(c1)OCCO2. The molecule has 20 heavy (non-hydrogen) atoms. The van der Waals surface area contributed by atoms with Crippen molar-refractivity contribution in [2.24, 2.45) is 0 Å². The molecule has 0 saturated heterocycles. The number of benzene rings is 1. The molecule has 0 bridgehead atoms. The molecular weight excluding hydrogens is 254 g/mol. The molecule has 4 heteroatoms. The van der Waals surface area contributed by atoms with Crippen molar-refractivity contribution in [3.63, 3.8) is 0 Å². The van der Waals surface area contributed by atoms with Crippen LogP contribution in [-0.2, 0) is 4.74 Å². The largest absolute Gasteiger partial charge is 0.486 e. The maximum absolute atomic E-state index is 5.62. The molecule has 112 valence electrons. The van der Waals surface area contributed by atoms with Crippen LogP contribution in [0.2, 0.25) is 0 Å². The summed E-state index contributed by atoms with van der Waals surface area (Å²) in [5.74, 6) is 1.69. The minimum Gasteiger partial charge on any atom is -0.486 e. The van der Waals surface area contributed by atoms with Crippen LogP contribution in [0.3, 0.4) is 0 Å². The molecule has 1 aliphatic rings. The number of methoxy groups -OCH3 is 1. The fraction of sp³-hybridized carbons (Fsp3) is 0.625. The van der Waals surface area contributed by atoms with Gasteiger partial charge in [-0.3, -0.25) is 0 Å². The molecule has 0 saturated carbocycles. The highest BCUT2D eigenvalue weighted by Crippen LogP contribution is 2.32. The molecule has 1 atom stereocenters. The molecule has 1 N–H and O–H groups in total. The summed E-state index contributed by atoms with van der Waals surface area (Å²) in [6, 6.07) is 6.42. The summed E-state index contributed by atoms with van der Waals surface area (Å²) in [6.07, 6.45) is 0.971. The number of nitrogens with one attached hydrogen (secondary N) is 1. The van der Waals surface area contributed by atoms with Crippen molar-refractivity contribution >= 4 is 0 Å². The summed E-state index contributed by atoms with van der Waals surface area (Å²) >= 11 is 0. The Balaban J connectivity index is 1.91. The van der Waals surface area contributed by atoms with E-state index in [1.54, 1.807) is 7.11 Å². The Hall–Kier alpha value is -1.26. The van der Waals surface area contributed by atoms with Crippen LogP contribution >= 0.6 is 0 Å². The fourth-order valence-electron chi connectivity index (χ4n) is 2.14. The smallest absolute Gasteiger partial charge is 0.161 e. The standard InChI is InChI=1S/C16H25NO3/c1-12(17-8-7-16(2,3)18-4)13-5-6-14-15(11-13)20-10-9-19-14/h5-6,11-12,17H,7-10H2,1-4H3. The van der Waals surface area contributed by atoms with Crippen molar-refractivity contribution in [3.05, 3.63) is 23.8 Å². The normalized spacial score (nSPS) is 16.0. The van der Waals surface area contributed by atoms with Crippen LogP contribution in [0.15, 0.2) is 18.2 Å². The van der Waals surface area contributed by atoms with Crippen LogP contribution in [-0.4, -0.2) is 32.5 Å². The maximum atomic E-state index is 5.62. The van der Waals surface area contributed by atoms with Crippen LogP contribution in [0.5, 0.6) is 11.5 Å². The lowest BCUT2D eigenvalue weighted by Gasteiger charge is -2.25. The van der Waals surface area contributed by atoms with Gasteiger partial charge in [-0.25, -0.2) is 0 Å². The maximum Gasteiger partial charge on any atom is 0.161 e. The highest BCUT2D eigenvalue weighted by atomic mass is 16.6. The summed E-state index contributed by atoms with van der Waals surface area (Å²) in [6.45, 7) is 8.53. The second-order valence-corrected chi connectivity index (χ2v) is 5.79. The summed E-state index contributed by atoms with van der Waals surface area (Å²) in [5, 5.41) is 3.52. The first kappa shape index (κ1) is 15.1. The van der Waals surface area contributed by atoms with Gasteiger partial charge in [0.05, 0.1) is 5.60 Å². The van der Waals surface area contributed by atoms with Gasteiger partial charge in [-0.1, -0.05) is 6.07 Å². The third-order valence-corrected chi connectivity index (χ3v) is 3.80. The van der Waals surface area contributed by atoms with Gasteiger partial charge in [-0.2, -0.15) is 0 Å². The van der Waals surface area contributed by atoms with Crippen LogP contribution in [0, 0.1) is 0 Å². The third kappa shape index (κ3) is 3.87. The highest BCUT2D eigenvalue weighted by molar-refractivity contribution is 5.44. The number of hydrogen-bond acceptors (Lipinski definition) is 4. The number of rotatable bonds is 6. The van der Waals surface area contributed by atoms with E-state index in [4.69, 9.17) is 14.2 Å². The lowest BCUT2D eigenvalue weighted by Crippen LogP contribution is -2.30. The van der Waals surface area contributed by atoms with E-state index in [0.717, 1.165) is 24.5 Å². The average Bonchev–Trinajstić information content (AvgIpc) is 2.46. The van der Waals surface area contributed by atoms with Gasteiger partial charge in [-0.05, 0) is 51.4 Å². The number of ether oxygens (including phenoxy) is 3. The Morgan fingerprint density at radius 2 is 1.95 bits per heavy atom. The quantitative estimate of drug-likeness (QED) is 0.869. The molecular formula is C16H25NO3. The minimum absolute atomic E-state index is 0.0838. The van der Waals surface area contributed by atoms with Crippen molar-refractivity contribution in [1.82, 2.24) is 5.32 Å². The summed E-state index contributed by atoms with van der Waals surface area (Å²) in [5.41, 5.74) is 1.13. The van der Waals surface area contributed by atoms with Gasteiger partial charge in [0.1, 0.15) is 13.2 Å². The van der Waals surface area contributed by atoms with Gasteiger partial charge in [0.25, 0.3) is 0 Å². The van der Waals surface area contributed by atoms with Gasteiger partial charge in [-0.15, -0.1) is 0 Å². The van der Waals surface area contributed by atoms with Gasteiger partial charge >= 0.3 is 0 Å². The Kier molecular flexibility index (Phi) is 4.89. The first-order chi connectivity index (χ1) is 9.52. The van der Waals surface area contributed by atoms with Gasteiger partial charge in [0.2, 0.25) is 0 Å². The van der Waals surface area contributed by atoms with E-state index in [-0.39, 0.29) is 11.6 Å². The van der Waals surface area contributed by atoms with Crippen molar-refractivity contribution in [2.45, 2.75) is 38.8 Å². The monoisotopic (exact) mass is 279 g/mol. The molecule has 0 fully saturated rings. The van der Waals surface area contributed by atoms with E-state index >= 15 is 0 Å². The molecule has 0 amide bonds. The topological polar surface area (TPSA) is 39.7 Å². The van der Waals surface area contributed by atoms with Crippen molar-refractivity contribution < 1.29 is 14.2 Å². The Morgan fingerprint density at radius 3 is 2.65 bits per heavy atom. The fourth-order valence-corrected chi connectivity index (χ4v) is 2.14. The predicted molar refractivity (Wildman–Crippen MR) is 79.6 cm³/mol.